The van der Waals surface area contributed by atoms with Crippen molar-refractivity contribution < 1.29 is 23.9 Å². The van der Waals surface area contributed by atoms with E-state index >= 15 is 0 Å². The van der Waals surface area contributed by atoms with Gasteiger partial charge in [-0.2, -0.15) is 0 Å². The van der Waals surface area contributed by atoms with Crippen molar-refractivity contribution in [2.75, 3.05) is 13.2 Å². The second-order valence-electron chi connectivity index (χ2n) is 5.33. The molecule has 24 heavy (non-hydrogen) atoms. The molecular formula is C18H21NO5. The lowest BCUT2D eigenvalue weighted by Gasteiger charge is -2.37. The van der Waals surface area contributed by atoms with E-state index in [0.717, 1.165) is 10.5 Å². The predicted octanol–water partition coefficient (Wildman–Crippen LogP) is 2.01. The number of ether oxygens (including phenoxy) is 2. The molecule has 6 nitrogen and oxygen atoms in total. The predicted molar refractivity (Wildman–Crippen MR) is 86.8 cm³/mol. The summed E-state index contributed by atoms with van der Waals surface area (Å²) in [7, 11) is 0. The molecule has 128 valence electrons. The molecule has 1 aromatic carbocycles. The van der Waals surface area contributed by atoms with Gasteiger partial charge in [-0.05, 0) is 19.4 Å². The van der Waals surface area contributed by atoms with Gasteiger partial charge in [-0.3, -0.25) is 9.69 Å². The Morgan fingerprint density at radius 2 is 1.58 bits per heavy atom. The Labute approximate surface area is 141 Å². The minimum absolute atomic E-state index is 0.0905. The molecule has 0 saturated carbocycles. The van der Waals surface area contributed by atoms with Gasteiger partial charge >= 0.3 is 11.9 Å². The van der Waals surface area contributed by atoms with Crippen LogP contribution in [0, 0.1) is 0 Å². The molecule has 1 amide bonds. The summed E-state index contributed by atoms with van der Waals surface area (Å²) in [6.07, 6.45) is 3.11. The van der Waals surface area contributed by atoms with E-state index in [1.54, 1.807) is 44.2 Å². The van der Waals surface area contributed by atoms with Crippen LogP contribution in [0.25, 0.3) is 0 Å². The van der Waals surface area contributed by atoms with Crippen LogP contribution in [-0.4, -0.2) is 41.5 Å². The van der Waals surface area contributed by atoms with E-state index in [1.165, 1.54) is 13.1 Å². The number of benzene rings is 1. The van der Waals surface area contributed by atoms with Crippen LogP contribution in [0.4, 0.5) is 0 Å². The highest BCUT2D eigenvalue weighted by molar-refractivity contribution is 6.10. The van der Waals surface area contributed by atoms with Crippen molar-refractivity contribution in [1.82, 2.24) is 4.90 Å². The normalized spacial score (nSPS) is 18.3. The van der Waals surface area contributed by atoms with Crippen LogP contribution in [0.15, 0.2) is 42.6 Å². The molecule has 1 heterocycles. The fourth-order valence-corrected chi connectivity index (χ4v) is 2.96. The number of carbonyl (C=O) groups is 3. The molecule has 0 saturated heterocycles. The molecule has 1 aliphatic rings. The van der Waals surface area contributed by atoms with Crippen LogP contribution in [0.2, 0.25) is 0 Å². The molecule has 0 bridgehead atoms. The van der Waals surface area contributed by atoms with Crippen LogP contribution in [0.1, 0.15) is 32.3 Å². The summed E-state index contributed by atoms with van der Waals surface area (Å²) in [6, 6.07) is 9.04. The van der Waals surface area contributed by atoms with Crippen molar-refractivity contribution in [2.24, 2.45) is 0 Å². The summed E-state index contributed by atoms with van der Waals surface area (Å²) in [5, 5.41) is 0. The summed E-state index contributed by atoms with van der Waals surface area (Å²) < 4.78 is 10.3. The van der Waals surface area contributed by atoms with Gasteiger partial charge in [-0.25, -0.2) is 9.59 Å². The highest BCUT2D eigenvalue weighted by Gasteiger charge is 2.62. The maximum absolute atomic E-state index is 12.8. The molecule has 1 aliphatic heterocycles. The summed E-state index contributed by atoms with van der Waals surface area (Å²) in [5.74, 6) is -2.71. The summed E-state index contributed by atoms with van der Waals surface area (Å²) in [6.45, 7) is 4.77. The smallest absolute Gasteiger partial charge is 0.345 e. The highest BCUT2D eigenvalue weighted by atomic mass is 16.6. The van der Waals surface area contributed by atoms with Crippen molar-refractivity contribution in [3.8, 4) is 0 Å². The second kappa shape index (κ2) is 7.29. The number of hydrogen-bond acceptors (Lipinski definition) is 5. The van der Waals surface area contributed by atoms with Crippen molar-refractivity contribution in [1.29, 1.82) is 0 Å². The van der Waals surface area contributed by atoms with Gasteiger partial charge in [0, 0.05) is 19.0 Å². The van der Waals surface area contributed by atoms with Crippen LogP contribution in [0.5, 0.6) is 0 Å². The van der Waals surface area contributed by atoms with Gasteiger partial charge in [0.1, 0.15) is 0 Å². The Balaban J connectivity index is 2.64. The van der Waals surface area contributed by atoms with Crippen molar-refractivity contribution in [3.05, 3.63) is 48.2 Å². The van der Waals surface area contributed by atoms with Crippen LogP contribution >= 0.6 is 0 Å². The number of nitrogens with zero attached hydrogens (tertiary/aromatic N) is 1. The third-order valence-electron chi connectivity index (χ3n) is 3.93. The summed E-state index contributed by atoms with van der Waals surface area (Å²) in [4.78, 5) is 38.9. The van der Waals surface area contributed by atoms with E-state index in [9.17, 15) is 14.4 Å². The molecular weight excluding hydrogens is 310 g/mol. The Bertz CT molecular complexity index is 635. The van der Waals surface area contributed by atoms with Crippen LogP contribution in [-0.2, 0) is 23.9 Å². The molecule has 0 aliphatic carbocycles. The fraction of sp³-hybridized carbons (Fsp3) is 0.389. The number of hydrogen-bond donors (Lipinski definition) is 0. The number of carbonyl (C=O) groups excluding carboxylic acids is 3. The van der Waals surface area contributed by atoms with Gasteiger partial charge in [0.25, 0.3) is 5.54 Å². The lowest BCUT2D eigenvalue weighted by atomic mass is 9.80. The Morgan fingerprint density at radius 1 is 1.04 bits per heavy atom. The minimum Gasteiger partial charge on any atom is -0.464 e. The Hall–Kier alpha value is -2.63. The first-order chi connectivity index (χ1) is 11.5. The standard InChI is InChI=1S/C18H21NO5/c1-4-23-16(21)18(17(22)24-5-2)15(11-12-19(18)13(3)20)14-9-7-6-8-10-14/h6-12,15H,4-5H2,1-3H3/t15-/m1/s1. The third kappa shape index (κ3) is 2.79. The first-order valence-corrected chi connectivity index (χ1v) is 7.87. The summed E-state index contributed by atoms with van der Waals surface area (Å²) >= 11 is 0. The third-order valence-corrected chi connectivity index (χ3v) is 3.93. The van der Waals surface area contributed by atoms with E-state index in [0.29, 0.717) is 0 Å². The molecule has 0 fully saturated rings. The summed E-state index contributed by atoms with van der Waals surface area (Å²) in [5.41, 5.74) is -1.15. The van der Waals surface area contributed by atoms with E-state index < -0.39 is 29.3 Å². The first kappa shape index (κ1) is 17.7. The number of amides is 1. The molecule has 1 atom stereocenters. The fourth-order valence-electron chi connectivity index (χ4n) is 2.96. The SMILES string of the molecule is CCOC(=O)C1(C(=O)OCC)[C@@H](c2ccccc2)C=CN1C(C)=O. The second-order valence-corrected chi connectivity index (χ2v) is 5.33. The Kier molecular flexibility index (Phi) is 5.39. The van der Waals surface area contributed by atoms with E-state index in [2.05, 4.69) is 0 Å². The Morgan fingerprint density at radius 3 is 2.04 bits per heavy atom. The van der Waals surface area contributed by atoms with Crippen LogP contribution < -0.4 is 0 Å². The number of esters is 2. The van der Waals surface area contributed by atoms with Crippen molar-refractivity contribution in [3.63, 3.8) is 0 Å². The topological polar surface area (TPSA) is 72.9 Å². The lowest BCUT2D eigenvalue weighted by molar-refractivity contribution is -0.176. The monoisotopic (exact) mass is 331 g/mol. The van der Waals surface area contributed by atoms with Gasteiger partial charge in [-0.15, -0.1) is 0 Å². The minimum atomic E-state index is -1.88. The molecule has 1 aromatic rings. The number of rotatable bonds is 5. The molecule has 6 heteroatoms. The average Bonchev–Trinajstić information content (AvgIpc) is 2.97. The molecule has 0 radical (unpaired) electrons. The highest BCUT2D eigenvalue weighted by Crippen LogP contribution is 2.42. The zero-order valence-electron chi connectivity index (χ0n) is 14.0. The zero-order chi connectivity index (χ0) is 17.7. The van der Waals surface area contributed by atoms with Gasteiger partial charge in [0.2, 0.25) is 5.91 Å². The van der Waals surface area contributed by atoms with Gasteiger partial charge in [-0.1, -0.05) is 36.4 Å². The molecule has 0 aromatic heterocycles. The maximum atomic E-state index is 12.8. The van der Waals surface area contributed by atoms with Crippen molar-refractivity contribution in [2.45, 2.75) is 32.2 Å². The first-order valence-electron chi connectivity index (χ1n) is 7.87. The molecule has 2 rings (SSSR count). The lowest BCUT2D eigenvalue weighted by Crippen LogP contribution is -2.61. The molecule has 0 N–H and O–H groups in total. The van der Waals surface area contributed by atoms with E-state index in [-0.39, 0.29) is 13.2 Å². The average molecular weight is 331 g/mol. The van der Waals surface area contributed by atoms with Gasteiger partial charge in [0.05, 0.1) is 13.2 Å². The maximum Gasteiger partial charge on any atom is 0.345 e. The zero-order valence-corrected chi connectivity index (χ0v) is 14.0. The van der Waals surface area contributed by atoms with E-state index in [1.807, 2.05) is 6.07 Å². The van der Waals surface area contributed by atoms with E-state index in [4.69, 9.17) is 9.47 Å². The van der Waals surface area contributed by atoms with Crippen LogP contribution in [0.3, 0.4) is 0 Å². The van der Waals surface area contributed by atoms with Gasteiger partial charge < -0.3 is 9.47 Å². The largest absolute Gasteiger partial charge is 0.464 e. The molecule has 0 spiro atoms. The van der Waals surface area contributed by atoms with Crippen molar-refractivity contribution >= 4 is 17.8 Å². The quantitative estimate of drug-likeness (QED) is 0.609. The molecule has 0 unspecified atom stereocenters. The van der Waals surface area contributed by atoms with Gasteiger partial charge in [0.15, 0.2) is 0 Å².